The van der Waals surface area contributed by atoms with Crippen molar-refractivity contribution in [3.8, 4) is 0 Å². The number of carbonyl (C=O) groups is 3. The summed E-state index contributed by atoms with van der Waals surface area (Å²) in [5, 5.41) is 15.0. The quantitative estimate of drug-likeness (QED) is 0.169. The van der Waals surface area contributed by atoms with Crippen molar-refractivity contribution >= 4 is 34.2 Å². The van der Waals surface area contributed by atoms with Crippen LogP contribution in [0.3, 0.4) is 0 Å². The number of carbonyl (C=O) groups excluding carboxylic acids is 3. The number of nitrogens with two attached hydrogens (primary N) is 2. The number of amides is 3. The average molecular weight is 576 g/mol. The molecule has 11 heteroatoms. The molecular formula is C30H37N7O3S. The van der Waals surface area contributed by atoms with E-state index < -0.39 is 0 Å². The lowest BCUT2D eigenvalue weighted by molar-refractivity contribution is -0.128. The summed E-state index contributed by atoms with van der Waals surface area (Å²) in [6, 6.07) is 17.1. The van der Waals surface area contributed by atoms with E-state index in [0.29, 0.717) is 23.8 Å². The Hall–Kier alpha value is -4.51. The predicted molar refractivity (Wildman–Crippen MR) is 161 cm³/mol. The van der Waals surface area contributed by atoms with Crippen molar-refractivity contribution in [3.63, 3.8) is 0 Å². The molecule has 0 saturated carbocycles. The van der Waals surface area contributed by atoms with Gasteiger partial charge in [0.05, 0.1) is 12.8 Å². The van der Waals surface area contributed by atoms with Gasteiger partial charge in [0.1, 0.15) is 10.8 Å². The monoisotopic (exact) mass is 575 g/mol. The Bertz CT molecular complexity index is 1390. The molecule has 3 aromatic rings. The molecule has 0 atom stereocenters. The largest absolute Gasteiger partial charge is 0.402 e. The van der Waals surface area contributed by atoms with Crippen LogP contribution in [0.25, 0.3) is 0 Å². The van der Waals surface area contributed by atoms with Gasteiger partial charge in [0.2, 0.25) is 22.9 Å². The minimum Gasteiger partial charge on any atom is -0.402 e. The maximum absolute atomic E-state index is 12.5. The van der Waals surface area contributed by atoms with Crippen LogP contribution in [0.2, 0.25) is 0 Å². The van der Waals surface area contributed by atoms with Crippen molar-refractivity contribution in [1.82, 2.24) is 20.4 Å². The molecule has 0 aliphatic rings. The molecule has 2 aromatic carbocycles. The van der Waals surface area contributed by atoms with E-state index >= 15 is 0 Å². The van der Waals surface area contributed by atoms with Crippen molar-refractivity contribution in [2.24, 2.45) is 11.5 Å². The van der Waals surface area contributed by atoms with Crippen LogP contribution >= 0.6 is 11.3 Å². The summed E-state index contributed by atoms with van der Waals surface area (Å²) >= 11 is 1.36. The lowest BCUT2D eigenvalue weighted by Gasteiger charge is -2.15. The second-order valence-corrected chi connectivity index (χ2v) is 10.8. The summed E-state index contributed by atoms with van der Waals surface area (Å²) in [6.45, 7) is 2.01. The first-order chi connectivity index (χ1) is 19.7. The smallest absolute Gasteiger partial charge is 0.230 e. The number of rotatable bonds is 14. The van der Waals surface area contributed by atoms with Gasteiger partial charge in [-0.2, -0.15) is 0 Å². The number of aryl methyl sites for hydroxylation is 1. The fraction of sp³-hybridized carbons (Fsp3) is 0.300. The van der Waals surface area contributed by atoms with Crippen molar-refractivity contribution in [1.29, 1.82) is 0 Å². The van der Waals surface area contributed by atoms with Crippen molar-refractivity contribution in [2.75, 3.05) is 12.4 Å². The number of hydrogen-bond acceptors (Lipinski definition) is 8. The molecule has 3 rings (SSSR count). The van der Waals surface area contributed by atoms with E-state index in [1.54, 1.807) is 24.1 Å². The zero-order chi connectivity index (χ0) is 29.6. The van der Waals surface area contributed by atoms with E-state index in [-0.39, 0.29) is 36.4 Å². The summed E-state index contributed by atoms with van der Waals surface area (Å²) in [5.74, 6) is -0.135. The summed E-state index contributed by atoms with van der Waals surface area (Å²) in [5.41, 5.74) is 15.4. The van der Waals surface area contributed by atoms with Crippen molar-refractivity contribution < 1.29 is 14.4 Å². The van der Waals surface area contributed by atoms with Crippen LogP contribution in [0.1, 0.15) is 47.9 Å². The number of unbranched alkanes of at least 4 members (excludes halogenated alkanes) is 1. The first kappa shape index (κ1) is 31.0. The number of nitrogens with one attached hydrogen (secondary N) is 2. The van der Waals surface area contributed by atoms with Gasteiger partial charge in [0.15, 0.2) is 0 Å². The third kappa shape index (κ3) is 11.6. The van der Waals surface area contributed by atoms with Crippen LogP contribution in [0.5, 0.6) is 0 Å². The molecule has 0 bridgehead atoms. The molecule has 1 aromatic heterocycles. The van der Waals surface area contributed by atoms with Crippen LogP contribution in [-0.4, -0.2) is 39.9 Å². The molecule has 0 saturated heterocycles. The van der Waals surface area contributed by atoms with Crippen LogP contribution in [0.15, 0.2) is 78.3 Å². The predicted octanol–water partition coefficient (Wildman–Crippen LogP) is 3.41. The molecule has 0 fully saturated rings. The van der Waals surface area contributed by atoms with Gasteiger partial charge in [0.25, 0.3) is 0 Å². The summed E-state index contributed by atoms with van der Waals surface area (Å²) in [6.07, 6.45) is 6.84. The minimum absolute atomic E-state index is 0.0143. The maximum atomic E-state index is 12.5. The zero-order valence-electron chi connectivity index (χ0n) is 23.4. The highest BCUT2D eigenvalue weighted by Gasteiger charge is 2.11. The Morgan fingerprint density at radius 3 is 2.37 bits per heavy atom. The first-order valence-corrected chi connectivity index (χ1v) is 14.2. The fourth-order valence-corrected chi connectivity index (χ4v) is 4.69. The maximum Gasteiger partial charge on any atom is 0.230 e. The summed E-state index contributed by atoms with van der Waals surface area (Å²) in [7, 11) is 1.74. The molecular weight excluding hydrogens is 538 g/mol. The molecule has 1 heterocycles. The van der Waals surface area contributed by atoms with Crippen LogP contribution in [0, 0.1) is 0 Å². The molecule has 6 N–H and O–H groups in total. The van der Waals surface area contributed by atoms with Gasteiger partial charge in [0, 0.05) is 32.6 Å². The lowest BCUT2D eigenvalue weighted by Crippen LogP contribution is -2.28. The third-order valence-corrected chi connectivity index (χ3v) is 7.00. The van der Waals surface area contributed by atoms with Crippen molar-refractivity contribution in [2.45, 2.75) is 52.0 Å². The fourth-order valence-electron chi connectivity index (χ4n) is 3.89. The average Bonchev–Trinajstić information content (AvgIpc) is 3.37. The molecule has 10 nitrogen and oxygen atoms in total. The SMILES string of the molecule is CC(=O)N(C)Cc1cccc(CC(=O)Nc2nnc(CCCC/C(N)=C/C=C(\N)NC(=O)Cc3ccccc3)s2)c1. The van der Waals surface area contributed by atoms with Gasteiger partial charge in [-0.05, 0) is 48.1 Å². The molecule has 0 aliphatic heterocycles. The Kier molecular flexibility index (Phi) is 12.0. The second kappa shape index (κ2) is 15.9. The van der Waals surface area contributed by atoms with E-state index in [9.17, 15) is 14.4 Å². The van der Waals surface area contributed by atoms with Crippen LogP contribution in [0.4, 0.5) is 5.13 Å². The molecule has 0 spiro atoms. The molecule has 216 valence electrons. The number of nitrogens with zero attached hydrogens (tertiary/aromatic N) is 3. The molecule has 3 amide bonds. The number of aromatic nitrogens is 2. The van der Waals surface area contributed by atoms with Gasteiger partial charge in [-0.15, -0.1) is 10.2 Å². The van der Waals surface area contributed by atoms with Gasteiger partial charge >= 0.3 is 0 Å². The van der Waals surface area contributed by atoms with E-state index in [0.717, 1.165) is 41.0 Å². The van der Waals surface area contributed by atoms with Crippen molar-refractivity contribution in [3.05, 3.63) is 100.0 Å². The highest BCUT2D eigenvalue weighted by atomic mass is 32.1. The number of allylic oxidation sites excluding steroid dienone is 3. The molecule has 0 radical (unpaired) electrons. The van der Waals surface area contributed by atoms with Gasteiger partial charge < -0.3 is 27.0 Å². The highest BCUT2D eigenvalue weighted by molar-refractivity contribution is 7.15. The first-order valence-electron chi connectivity index (χ1n) is 13.3. The normalized spacial score (nSPS) is 11.7. The summed E-state index contributed by atoms with van der Waals surface area (Å²) < 4.78 is 0. The lowest BCUT2D eigenvalue weighted by atomic mass is 10.1. The topological polar surface area (TPSA) is 156 Å². The molecule has 0 unspecified atom stereocenters. The highest BCUT2D eigenvalue weighted by Crippen LogP contribution is 2.18. The zero-order valence-corrected chi connectivity index (χ0v) is 24.2. The van der Waals surface area contributed by atoms with E-state index in [1.165, 1.54) is 18.3 Å². The summed E-state index contributed by atoms with van der Waals surface area (Å²) in [4.78, 5) is 37.7. The second-order valence-electron chi connectivity index (χ2n) is 9.70. The number of anilines is 1. The molecule has 41 heavy (non-hydrogen) atoms. The number of benzene rings is 2. The van der Waals surface area contributed by atoms with E-state index in [1.807, 2.05) is 54.6 Å². The number of hydrogen-bond donors (Lipinski definition) is 4. The Morgan fingerprint density at radius 2 is 1.61 bits per heavy atom. The van der Waals surface area contributed by atoms with Gasteiger partial charge in [-0.3, -0.25) is 14.4 Å². The van der Waals surface area contributed by atoms with Gasteiger partial charge in [-0.25, -0.2) is 0 Å². The molecule has 0 aliphatic carbocycles. The third-order valence-electron chi connectivity index (χ3n) is 6.10. The van der Waals surface area contributed by atoms with Crippen LogP contribution in [-0.2, 0) is 40.2 Å². The Morgan fingerprint density at radius 1 is 0.902 bits per heavy atom. The minimum atomic E-state index is -0.187. The van der Waals surface area contributed by atoms with Gasteiger partial charge in [-0.1, -0.05) is 65.9 Å². The standard InChI is InChI=1S/C30H37N7O3S/c1-21(38)37(2)20-24-12-8-11-23(17-24)19-28(40)34-30-36-35-29(41-30)14-7-6-13-25(31)15-16-26(32)33-27(39)18-22-9-4-3-5-10-22/h3-5,8-12,15-17H,6-7,13-14,18-20,31-32H2,1-2H3,(H,33,39)(H,34,36,40)/b25-15-,26-16+. The van der Waals surface area contributed by atoms with E-state index in [4.69, 9.17) is 11.5 Å². The Labute approximate surface area is 244 Å². The Balaban J connectivity index is 1.36. The van der Waals surface area contributed by atoms with Crippen LogP contribution < -0.4 is 22.1 Å². The van der Waals surface area contributed by atoms with E-state index in [2.05, 4.69) is 20.8 Å².